The van der Waals surface area contributed by atoms with Gasteiger partial charge in [-0.15, -0.1) is 0 Å². The van der Waals surface area contributed by atoms with E-state index in [0.29, 0.717) is 42.5 Å². The number of aryl methyl sites for hydroxylation is 2. The fraction of sp³-hybridized carbons (Fsp3) is 0.455. The predicted octanol–water partition coefficient (Wildman–Crippen LogP) is 0.779. The van der Waals surface area contributed by atoms with Crippen molar-refractivity contribution in [3.05, 3.63) is 56.2 Å². The van der Waals surface area contributed by atoms with Crippen LogP contribution in [0.1, 0.15) is 30.9 Å². The van der Waals surface area contributed by atoms with Crippen molar-refractivity contribution in [1.29, 1.82) is 0 Å². The predicted molar refractivity (Wildman–Crippen MR) is 122 cm³/mol. The van der Waals surface area contributed by atoms with Crippen molar-refractivity contribution < 1.29 is 4.84 Å². The molecule has 2 aliphatic heterocycles. The number of anilines is 1. The lowest BCUT2D eigenvalue weighted by atomic mass is 10.0. The summed E-state index contributed by atoms with van der Waals surface area (Å²) in [7, 11) is 1.65. The van der Waals surface area contributed by atoms with E-state index < -0.39 is 5.69 Å². The van der Waals surface area contributed by atoms with Crippen LogP contribution in [0.15, 0.2) is 39.0 Å². The van der Waals surface area contributed by atoms with Gasteiger partial charge in [-0.1, -0.05) is 29.4 Å². The van der Waals surface area contributed by atoms with E-state index in [4.69, 9.17) is 15.6 Å². The zero-order valence-electron chi connectivity index (χ0n) is 18.3. The highest BCUT2D eigenvalue weighted by molar-refractivity contribution is 6.01. The summed E-state index contributed by atoms with van der Waals surface area (Å²) < 4.78 is 4.54. The molecule has 10 heteroatoms. The SMILES string of the molecule is CCn1c(N2CCCC(N)C2)nc2c1c(=O)n(CC1=NOCc3ccccc31)c(=O)n2C. The Kier molecular flexibility index (Phi) is 5.09. The number of aromatic nitrogens is 4. The van der Waals surface area contributed by atoms with Crippen LogP contribution in [-0.2, 0) is 31.6 Å². The average Bonchev–Trinajstić information content (AvgIpc) is 3.20. The van der Waals surface area contributed by atoms with Crippen LogP contribution in [-0.4, -0.2) is 43.5 Å². The molecule has 2 N–H and O–H groups in total. The number of benzene rings is 1. The first-order chi connectivity index (χ1) is 15.5. The van der Waals surface area contributed by atoms with E-state index in [9.17, 15) is 9.59 Å². The standard InChI is InChI=1S/C22H27N7O3/c1-3-28-18-19(24-21(28)27-10-6-8-15(23)11-27)26(2)22(31)29(20(18)30)12-17-16-9-5-4-7-14(16)13-32-25-17/h4-5,7,9,15H,3,6,8,10-13,23H2,1-2H3. The summed E-state index contributed by atoms with van der Waals surface area (Å²) in [6.07, 6.45) is 1.94. The van der Waals surface area contributed by atoms with Crippen molar-refractivity contribution in [2.75, 3.05) is 18.0 Å². The van der Waals surface area contributed by atoms with Gasteiger partial charge in [-0.2, -0.15) is 4.98 Å². The quantitative estimate of drug-likeness (QED) is 0.645. The lowest BCUT2D eigenvalue weighted by Gasteiger charge is -2.31. The fourth-order valence-electron chi connectivity index (χ4n) is 4.65. The van der Waals surface area contributed by atoms with Gasteiger partial charge in [-0.05, 0) is 19.8 Å². The minimum Gasteiger partial charge on any atom is -0.391 e. The molecule has 1 saturated heterocycles. The van der Waals surface area contributed by atoms with Gasteiger partial charge in [0.1, 0.15) is 12.3 Å². The molecule has 32 heavy (non-hydrogen) atoms. The molecule has 10 nitrogen and oxygen atoms in total. The van der Waals surface area contributed by atoms with Crippen molar-refractivity contribution >= 4 is 22.8 Å². The molecular formula is C22H27N7O3. The first-order valence-corrected chi connectivity index (χ1v) is 11.0. The molecule has 1 aromatic carbocycles. The highest BCUT2D eigenvalue weighted by Crippen LogP contribution is 2.23. The van der Waals surface area contributed by atoms with E-state index in [2.05, 4.69) is 10.1 Å². The van der Waals surface area contributed by atoms with E-state index in [1.165, 1.54) is 9.13 Å². The number of nitrogens with zero attached hydrogens (tertiary/aromatic N) is 6. The zero-order chi connectivity index (χ0) is 22.4. The topological polar surface area (TPSA) is 113 Å². The van der Waals surface area contributed by atoms with Crippen LogP contribution in [0.4, 0.5) is 5.95 Å². The van der Waals surface area contributed by atoms with Gasteiger partial charge < -0.3 is 20.0 Å². The van der Waals surface area contributed by atoms with E-state index in [1.807, 2.05) is 35.8 Å². The Morgan fingerprint density at radius 1 is 1.22 bits per heavy atom. The molecule has 0 aliphatic carbocycles. The number of oxime groups is 1. The maximum absolute atomic E-state index is 13.6. The second kappa shape index (κ2) is 7.94. The molecule has 0 amide bonds. The molecule has 5 rings (SSSR count). The first kappa shape index (κ1) is 20.5. The van der Waals surface area contributed by atoms with Gasteiger partial charge in [0, 0.05) is 43.9 Å². The van der Waals surface area contributed by atoms with Gasteiger partial charge in [-0.25, -0.2) is 4.79 Å². The Hall–Kier alpha value is -3.40. The number of fused-ring (bicyclic) bond motifs is 2. The normalized spacial score (nSPS) is 18.4. The van der Waals surface area contributed by atoms with Gasteiger partial charge in [0.25, 0.3) is 5.56 Å². The smallest absolute Gasteiger partial charge is 0.332 e. The fourth-order valence-corrected chi connectivity index (χ4v) is 4.65. The number of hydrogen-bond acceptors (Lipinski definition) is 7. The molecule has 1 fully saturated rings. The molecule has 2 aliphatic rings. The van der Waals surface area contributed by atoms with Gasteiger partial charge >= 0.3 is 5.69 Å². The Bertz CT molecular complexity index is 1330. The third-order valence-corrected chi connectivity index (χ3v) is 6.30. The van der Waals surface area contributed by atoms with Crippen LogP contribution in [0, 0.1) is 0 Å². The van der Waals surface area contributed by atoms with E-state index >= 15 is 0 Å². The second-order valence-corrected chi connectivity index (χ2v) is 8.38. The Morgan fingerprint density at radius 2 is 2.03 bits per heavy atom. The minimum atomic E-state index is -0.434. The maximum atomic E-state index is 13.6. The zero-order valence-corrected chi connectivity index (χ0v) is 18.3. The van der Waals surface area contributed by atoms with E-state index in [0.717, 1.165) is 30.5 Å². The van der Waals surface area contributed by atoms with Crippen molar-refractivity contribution in [3.8, 4) is 0 Å². The Labute approximate surface area is 184 Å². The van der Waals surface area contributed by atoms with E-state index in [1.54, 1.807) is 7.05 Å². The van der Waals surface area contributed by atoms with Crippen LogP contribution in [0.5, 0.6) is 0 Å². The molecule has 1 unspecified atom stereocenters. The first-order valence-electron chi connectivity index (χ1n) is 11.0. The van der Waals surface area contributed by atoms with Gasteiger partial charge in [0.2, 0.25) is 5.95 Å². The van der Waals surface area contributed by atoms with Gasteiger partial charge in [0.15, 0.2) is 11.2 Å². The third-order valence-electron chi connectivity index (χ3n) is 6.30. The summed E-state index contributed by atoms with van der Waals surface area (Å²) in [5, 5.41) is 4.15. The lowest BCUT2D eigenvalue weighted by Crippen LogP contribution is -2.44. The summed E-state index contributed by atoms with van der Waals surface area (Å²) in [6, 6.07) is 7.79. The van der Waals surface area contributed by atoms with Crippen molar-refractivity contribution in [1.82, 2.24) is 18.7 Å². The molecule has 0 spiro atoms. The number of rotatable bonds is 4. The Balaban J connectivity index is 1.65. The average molecular weight is 438 g/mol. The number of imidazole rings is 1. The lowest BCUT2D eigenvalue weighted by molar-refractivity contribution is 0.125. The molecule has 0 saturated carbocycles. The third kappa shape index (κ3) is 3.22. The highest BCUT2D eigenvalue weighted by Gasteiger charge is 2.26. The van der Waals surface area contributed by atoms with Gasteiger partial charge in [-0.3, -0.25) is 13.9 Å². The molecule has 4 heterocycles. The van der Waals surface area contributed by atoms with Crippen LogP contribution >= 0.6 is 0 Å². The number of hydrogen-bond donors (Lipinski definition) is 1. The molecule has 2 aromatic heterocycles. The van der Waals surface area contributed by atoms with Crippen LogP contribution in [0.25, 0.3) is 11.2 Å². The molecular weight excluding hydrogens is 410 g/mol. The van der Waals surface area contributed by atoms with Crippen molar-refractivity contribution in [3.63, 3.8) is 0 Å². The van der Waals surface area contributed by atoms with Crippen LogP contribution in [0.3, 0.4) is 0 Å². The molecule has 0 radical (unpaired) electrons. The van der Waals surface area contributed by atoms with Crippen LogP contribution in [0.2, 0.25) is 0 Å². The second-order valence-electron chi connectivity index (χ2n) is 8.38. The summed E-state index contributed by atoms with van der Waals surface area (Å²) in [5.41, 5.74) is 8.57. The van der Waals surface area contributed by atoms with Crippen molar-refractivity contribution in [2.45, 2.75) is 45.5 Å². The summed E-state index contributed by atoms with van der Waals surface area (Å²) in [4.78, 5) is 38.9. The number of piperidine rings is 1. The highest BCUT2D eigenvalue weighted by atomic mass is 16.6. The minimum absolute atomic E-state index is 0.0251. The van der Waals surface area contributed by atoms with Crippen LogP contribution < -0.4 is 21.9 Å². The summed E-state index contributed by atoms with van der Waals surface area (Å²) in [6.45, 7) is 4.42. The molecule has 1 atom stereocenters. The summed E-state index contributed by atoms with van der Waals surface area (Å²) >= 11 is 0. The van der Waals surface area contributed by atoms with E-state index in [-0.39, 0.29) is 18.1 Å². The maximum Gasteiger partial charge on any atom is 0.332 e. The number of nitrogens with two attached hydrogens (primary N) is 1. The van der Waals surface area contributed by atoms with Crippen molar-refractivity contribution in [2.24, 2.45) is 17.9 Å². The molecule has 168 valence electrons. The molecule has 3 aromatic rings. The Morgan fingerprint density at radius 3 is 2.81 bits per heavy atom. The monoisotopic (exact) mass is 437 g/mol. The summed E-state index contributed by atoms with van der Waals surface area (Å²) in [5.74, 6) is 0.686. The van der Waals surface area contributed by atoms with Gasteiger partial charge in [0.05, 0.1) is 6.54 Å². The largest absolute Gasteiger partial charge is 0.391 e. The molecule has 0 bridgehead atoms.